The highest BCUT2D eigenvalue weighted by molar-refractivity contribution is 9.11. The van der Waals surface area contributed by atoms with Gasteiger partial charge in [-0.15, -0.1) is 11.3 Å². The number of hydrogen-bond donors (Lipinski definition) is 1. The Bertz CT molecular complexity index is 453. The average Bonchev–Trinajstić information content (AvgIpc) is 2.59. The first-order valence-corrected chi connectivity index (χ1v) is 6.92. The van der Waals surface area contributed by atoms with Crippen LogP contribution in [-0.2, 0) is 20.9 Å². The maximum atomic E-state index is 11.8. The third kappa shape index (κ3) is 2.37. The lowest BCUT2D eigenvalue weighted by Crippen LogP contribution is -2.49. The standard InChI is InChI=1S/C11H12BrNO3S/c12-8-4-7(6-17-8)5-16-10(15)11(9(13)14)2-1-3-11/h4,6H,1-3,5H2,(H2,13,14). The molecule has 0 aliphatic heterocycles. The second kappa shape index (κ2) is 4.78. The van der Waals surface area contributed by atoms with Gasteiger partial charge in [0.25, 0.3) is 0 Å². The summed E-state index contributed by atoms with van der Waals surface area (Å²) in [6.07, 6.45) is 1.87. The van der Waals surface area contributed by atoms with E-state index in [1.807, 2.05) is 11.4 Å². The fourth-order valence-corrected chi connectivity index (χ4v) is 2.98. The molecule has 1 amide bonds. The van der Waals surface area contributed by atoms with Gasteiger partial charge < -0.3 is 10.5 Å². The minimum atomic E-state index is -1.06. The minimum Gasteiger partial charge on any atom is -0.460 e. The fourth-order valence-electron chi connectivity index (χ4n) is 1.79. The molecule has 0 radical (unpaired) electrons. The number of primary amides is 1. The van der Waals surface area contributed by atoms with Crippen molar-refractivity contribution >= 4 is 39.1 Å². The van der Waals surface area contributed by atoms with Crippen LogP contribution in [0.4, 0.5) is 0 Å². The quantitative estimate of drug-likeness (QED) is 0.683. The van der Waals surface area contributed by atoms with E-state index in [4.69, 9.17) is 10.5 Å². The van der Waals surface area contributed by atoms with E-state index in [2.05, 4.69) is 15.9 Å². The first-order valence-electron chi connectivity index (χ1n) is 5.25. The zero-order chi connectivity index (χ0) is 12.5. The maximum absolute atomic E-state index is 11.8. The van der Waals surface area contributed by atoms with Crippen LogP contribution in [0.3, 0.4) is 0 Å². The van der Waals surface area contributed by atoms with E-state index in [9.17, 15) is 9.59 Å². The number of amides is 1. The lowest BCUT2D eigenvalue weighted by molar-refractivity contribution is -0.167. The number of ether oxygens (including phenoxy) is 1. The van der Waals surface area contributed by atoms with Gasteiger partial charge in [0.1, 0.15) is 12.0 Å². The van der Waals surface area contributed by atoms with Crippen molar-refractivity contribution in [1.82, 2.24) is 0 Å². The van der Waals surface area contributed by atoms with Gasteiger partial charge in [-0.2, -0.15) is 0 Å². The van der Waals surface area contributed by atoms with E-state index < -0.39 is 17.3 Å². The molecule has 1 heterocycles. The monoisotopic (exact) mass is 317 g/mol. The SMILES string of the molecule is NC(=O)C1(C(=O)OCc2csc(Br)c2)CCC1. The Morgan fingerprint density at radius 3 is 2.65 bits per heavy atom. The molecule has 17 heavy (non-hydrogen) atoms. The number of hydrogen-bond acceptors (Lipinski definition) is 4. The van der Waals surface area contributed by atoms with Crippen molar-refractivity contribution in [3.8, 4) is 0 Å². The Labute approximate surface area is 111 Å². The number of halogens is 1. The molecule has 4 nitrogen and oxygen atoms in total. The molecule has 0 unspecified atom stereocenters. The summed E-state index contributed by atoms with van der Waals surface area (Å²) in [5.74, 6) is -1.06. The zero-order valence-electron chi connectivity index (χ0n) is 9.07. The largest absolute Gasteiger partial charge is 0.460 e. The lowest BCUT2D eigenvalue weighted by atomic mass is 9.68. The number of esters is 1. The highest BCUT2D eigenvalue weighted by atomic mass is 79.9. The molecule has 2 N–H and O–H groups in total. The zero-order valence-corrected chi connectivity index (χ0v) is 11.5. The van der Waals surface area contributed by atoms with Crippen LogP contribution in [0.5, 0.6) is 0 Å². The van der Waals surface area contributed by atoms with Crippen LogP contribution in [0.1, 0.15) is 24.8 Å². The number of carbonyl (C=O) groups excluding carboxylic acids is 2. The van der Waals surface area contributed by atoms with E-state index in [0.717, 1.165) is 15.8 Å². The minimum absolute atomic E-state index is 0.190. The molecule has 0 atom stereocenters. The number of thiophene rings is 1. The van der Waals surface area contributed by atoms with E-state index in [1.54, 1.807) is 0 Å². The normalized spacial score (nSPS) is 17.2. The highest BCUT2D eigenvalue weighted by Crippen LogP contribution is 2.42. The van der Waals surface area contributed by atoms with Crippen LogP contribution >= 0.6 is 27.3 Å². The fraction of sp³-hybridized carbons (Fsp3) is 0.455. The van der Waals surface area contributed by atoms with Crippen molar-refractivity contribution in [1.29, 1.82) is 0 Å². The van der Waals surface area contributed by atoms with E-state index >= 15 is 0 Å². The maximum Gasteiger partial charge on any atom is 0.321 e. The highest BCUT2D eigenvalue weighted by Gasteiger charge is 2.51. The summed E-state index contributed by atoms with van der Waals surface area (Å²) in [7, 11) is 0. The Kier molecular flexibility index (Phi) is 3.53. The molecule has 0 bridgehead atoms. The van der Waals surface area contributed by atoms with Gasteiger partial charge in [-0.25, -0.2) is 0 Å². The summed E-state index contributed by atoms with van der Waals surface area (Å²) in [6.45, 7) is 0.190. The van der Waals surface area contributed by atoms with Crippen molar-refractivity contribution < 1.29 is 14.3 Å². The predicted octanol–water partition coefficient (Wildman–Crippen LogP) is 2.21. The number of rotatable bonds is 4. The summed E-state index contributed by atoms with van der Waals surface area (Å²) in [5, 5.41) is 1.90. The molecule has 1 aromatic heterocycles. The Morgan fingerprint density at radius 1 is 1.53 bits per heavy atom. The predicted molar refractivity (Wildman–Crippen MR) is 67.3 cm³/mol. The van der Waals surface area contributed by atoms with Crippen LogP contribution in [-0.4, -0.2) is 11.9 Å². The third-order valence-electron chi connectivity index (χ3n) is 3.06. The molecular formula is C11H12BrNO3S. The van der Waals surface area contributed by atoms with Crippen molar-refractivity contribution in [3.05, 3.63) is 20.8 Å². The molecular weight excluding hydrogens is 306 g/mol. The Balaban J connectivity index is 1.95. The van der Waals surface area contributed by atoms with Gasteiger partial charge in [-0.05, 0) is 40.2 Å². The molecule has 6 heteroatoms. The van der Waals surface area contributed by atoms with Gasteiger partial charge in [0.05, 0.1) is 3.79 Å². The molecule has 1 aliphatic carbocycles. The van der Waals surface area contributed by atoms with Gasteiger partial charge in [0.15, 0.2) is 0 Å². The summed E-state index contributed by atoms with van der Waals surface area (Å²) < 4.78 is 6.14. The van der Waals surface area contributed by atoms with Crippen LogP contribution in [0.15, 0.2) is 15.2 Å². The first-order chi connectivity index (χ1) is 8.04. The van der Waals surface area contributed by atoms with Crippen LogP contribution in [0.2, 0.25) is 0 Å². The van der Waals surface area contributed by atoms with Gasteiger partial charge in [-0.3, -0.25) is 9.59 Å². The van der Waals surface area contributed by atoms with E-state index in [1.165, 1.54) is 11.3 Å². The smallest absolute Gasteiger partial charge is 0.321 e. The van der Waals surface area contributed by atoms with Crippen LogP contribution in [0, 0.1) is 5.41 Å². The van der Waals surface area contributed by atoms with Gasteiger partial charge in [0, 0.05) is 5.56 Å². The van der Waals surface area contributed by atoms with E-state index in [-0.39, 0.29) is 6.61 Å². The molecule has 1 aliphatic rings. The molecule has 1 fully saturated rings. The van der Waals surface area contributed by atoms with Crippen molar-refractivity contribution in [2.24, 2.45) is 11.1 Å². The average molecular weight is 318 g/mol. The summed E-state index contributed by atoms with van der Waals surface area (Å²) in [4.78, 5) is 23.1. The first kappa shape index (κ1) is 12.6. The van der Waals surface area contributed by atoms with Crippen molar-refractivity contribution in [2.45, 2.75) is 25.9 Å². The second-order valence-corrected chi connectivity index (χ2v) is 6.43. The van der Waals surface area contributed by atoms with Gasteiger partial charge >= 0.3 is 5.97 Å². The molecule has 0 spiro atoms. The molecule has 0 aromatic carbocycles. The van der Waals surface area contributed by atoms with Gasteiger partial charge in [0.2, 0.25) is 5.91 Å². The van der Waals surface area contributed by atoms with Crippen molar-refractivity contribution in [3.63, 3.8) is 0 Å². The van der Waals surface area contributed by atoms with Crippen molar-refractivity contribution in [2.75, 3.05) is 0 Å². The Morgan fingerprint density at radius 2 is 2.24 bits per heavy atom. The topological polar surface area (TPSA) is 69.4 Å². The lowest BCUT2D eigenvalue weighted by Gasteiger charge is -2.35. The summed E-state index contributed by atoms with van der Waals surface area (Å²) in [6, 6.07) is 1.88. The molecule has 0 saturated heterocycles. The van der Waals surface area contributed by atoms with Gasteiger partial charge in [-0.1, -0.05) is 6.42 Å². The number of nitrogens with two attached hydrogens (primary N) is 1. The molecule has 92 valence electrons. The van der Waals surface area contributed by atoms with E-state index in [0.29, 0.717) is 12.8 Å². The molecule has 1 aromatic rings. The molecule has 1 saturated carbocycles. The Hall–Kier alpha value is -0.880. The second-order valence-electron chi connectivity index (χ2n) is 4.14. The van der Waals surface area contributed by atoms with Crippen LogP contribution in [0.25, 0.3) is 0 Å². The number of carbonyl (C=O) groups is 2. The summed E-state index contributed by atoms with van der Waals surface area (Å²) in [5.41, 5.74) is 5.11. The molecule has 2 rings (SSSR count). The summed E-state index contributed by atoms with van der Waals surface area (Å²) >= 11 is 4.85. The third-order valence-corrected chi connectivity index (χ3v) is 4.61. The van der Waals surface area contributed by atoms with Crippen LogP contribution < -0.4 is 5.73 Å².